The number of hydrogen-bond acceptors (Lipinski definition) is 2. The largest absolute Gasteiger partial charge is 0.478 e. The number of aromatic nitrogens is 3. The summed E-state index contributed by atoms with van der Waals surface area (Å²) < 4.78 is 2.19. The highest BCUT2D eigenvalue weighted by Crippen LogP contribution is 2.25. The maximum Gasteiger partial charge on any atom is 0.337 e. The highest BCUT2D eigenvalue weighted by Gasteiger charge is 2.13. The molecule has 2 heterocycles. The van der Waals surface area contributed by atoms with Crippen molar-refractivity contribution >= 4 is 17.0 Å². The number of nitrogens with one attached hydrogen (secondary N) is 1. The molecular formula is C20H17N3O2. The zero-order valence-electron chi connectivity index (χ0n) is 13.9. The molecule has 2 aromatic heterocycles. The van der Waals surface area contributed by atoms with Crippen LogP contribution in [0.1, 0.15) is 21.7 Å². The van der Waals surface area contributed by atoms with Gasteiger partial charge in [0, 0.05) is 22.6 Å². The Morgan fingerprint density at radius 1 is 1.00 bits per heavy atom. The Labute approximate surface area is 144 Å². The molecule has 0 aliphatic carbocycles. The lowest BCUT2D eigenvalue weighted by Gasteiger charge is -2.09. The molecule has 0 fully saturated rings. The van der Waals surface area contributed by atoms with Crippen LogP contribution in [-0.2, 0) is 0 Å². The van der Waals surface area contributed by atoms with Crippen molar-refractivity contribution in [2.45, 2.75) is 13.8 Å². The molecule has 0 saturated heterocycles. The monoisotopic (exact) mass is 331 g/mol. The van der Waals surface area contributed by atoms with E-state index in [1.54, 1.807) is 12.1 Å². The van der Waals surface area contributed by atoms with Gasteiger partial charge in [-0.25, -0.2) is 9.78 Å². The van der Waals surface area contributed by atoms with E-state index in [1.165, 1.54) is 11.4 Å². The van der Waals surface area contributed by atoms with Crippen LogP contribution in [0.25, 0.3) is 28.1 Å². The van der Waals surface area contributed by atoms with Crippen LogP contribution in [0.4, 0.5) is 0 Å². The molecule has 5 nitrogen and oxygen atoms in total. The Balaban J connectivity index is 1.77. The summed E-state index contributed by atoms with van der Waals surface area (Å²) in [4.78, 5) is 19.0. The van der Waals surface area contributed by atoms with Crippen LogP contribution >= 0.6 is 0 Å². The molecule has 0 saturated carbocycles. The Bertz CT molecular complexity index is 1070. The van der Waals surface area contributed by atoms with Gasteiger partial charge in [0.15, 0.2) is 0 Å². The topological polar surface area (TPSA) is 70.9 Å². The van der Waals surface area contributed by atoms with Gasteiger partial charge in [-0.3, -0.25) is 0 Å². The van der Waals surface area contributed by atoms with Crippen molar-refractivity contribution in [2.75, 3.05) is 0 Å². The highest BCUT2D eigenvalue weighted by molar-refractivity contribution is 6.01. The summed E-state index contributed by atoms with van der Waals surface area (Å²) >= 11 is 0. The number of H-pyrrole nitrogens is 1. The number of nitrogens with zero attached hydrogens (tertiary/aromatic N) is 2. The maximum absolute atomic E-state index is 11.3. The highest BCUT2D eigenvalue weighted by atomic mass is 16.4. The van der Waals surface area contributed by atoms with E-state index in [-0.39, 0.29) is 5.56 Å². The van der Waals surface area contributed by atoms with E-state index in [0.29, 0.717) is 11.3 Å². The van der Waals surface area contributed by atoms with Gasteiger partial charge in [0.25, 0.3) is 0 Å². The molecule has 4 rings (SSSR count). The van der Waals surface area contributed by atoms with E-state index in [9.17, 15) is 9.90 Å². The van der Waals surface area contributed by atoms with Gasteiger partial charge in [0.05, 0.1) is 11.1 Å². The summed E-state index contributed by atoms with van der Waals surface area (Å²) in [5, 5.41) is 9.30. The Morgan fingerprint density at radius 3 is 2.32 bits per heavy atom. The number of para-hydroxylation sites is 1. The van der Waals surface area contributed by atoms with Crippen LogP contribution in [0.3, 0.4) is 0 Å². The molecule has 2 N–H and O–H groups in total. The number of aryl methyl sites for hydroxylation is 2. The van der Waals surface area contributed by atoms with Crippen LogP contribution in [-0.4, -0.2) is 25.6 Å². The molecule has 0 aliphatic heterocycles. The van der Waals surface area contributed by atoms with E-state index >= 15 is 0 Å². The Hall–Kier alpha value is -3.34. The summed E-state index contributed by atoms with van der Waals surface area (Å²) in [5.74, 6) is -0.311. The normalized spacial score (nSPS) is 11.1. The fourth-order valence-electron chi connectivity index (χ4n) is 3.19. The van der Waals surface area contributed by atoms with E-state index in [2.05, 4.69) is 40.5 Å². The number of aromatic amines is 1. The number of carboxylic acids is 1. The van der Waals surface area contributed by atoms with Crippen molar-refractivity contribution < 1.29 is 9.90 Å². The molecule has 0 atom stereocenters. The van der Waals surface area contributed by atoms with E-state index in [1.807, 2.05) is 30.3 Å². The molecule has 0 unspecified atom stereocenters. The van der Waals surface area contributed by atoms with Gasteiger partial charge in [0.1, 0.15) is 11.3 Å². The van der Waals surface area contributed by atoms with Crippen molar-refractivity contribution in [3.63, 3.8) is 0 Å². The first kappa shape index (κ1) is 15.2. The summed E-state index contributed by atoms with van der Waals surface area (Å²) in [6.07, 6.45) is 0. The Morgan fingerprint density at radius 2 is 1.68 bits per heavy atom. The third kappa shape index (κ3) is 2.50. The molecule has 5 heteroatoms. The molecule has 0 radical (unpaired) electrons. The Kier molecular flexibility index (Phi) is 3.42. The van der Waals surface area contributed by atoms with Gasteiger partial charge < -0.3 is 14.7 Å². The molecule has 0 bridgehead atoms. The van der Waals surface area contributed by atoms with Crippen molar-refractivity contribution in [3.8, 4) is 17.1 Å². The molecule has 124 valence electrons. The van der Waals surface area contributed by atoms with Crippen molar-refractivity contribution in [1.82, 2.24) is 14.5 Å². The smallest absolute Gasteiger partial charge is 0.337 e. The minimum absolute atomic E-state index is 0.204. The predicted octanol–water partition coefficient (Wildman–Crippen LogP) is 4.34. The molecule has 4 aromatic rings. The number of imidazole rings is 1. The van der Waals surface area contributed by atoms with Gasteiger partial charge in [0.2, 0.25) is 0 Å². The predicted molar refractivity (Wildman–Crippen MR) is 97.3 cm³/mol. The first-order valence-electron chi connectivity index (χ1n) is 8.02. The molecule has 0 amide bonds. The first-order chi connectivity index (χ1) is 12.0. The second-order valence-electron chi connectivity index (χ2n) is 6.09. The van der Waals surface area contributed by atoms with E-state index < -0.39 is 5.97 Å². The second-order valence-corrected chi connectivity index (χ2v) is 6.09. The number of aromatic carboxylic acids is 1. The minimum atomic E-state index is -0.974. The summed E-state index contributed by atoms with van der Waals surface area (Å²) in [7, 11) is 0. The zero-order valence-corrected chi connectivity index (χ0v) is 13.9. The third-order valence-corrected chi connectivity index (χ3v) is 4.41. The van der Waals surface area contributed by atoms with Crippen LogP contribution in [0.2, 0.25) is 0 Å². The fourth-order valence-corrected chi connectivity index (χ4v) is 3.19. The zero-order chi connectivity index (χ0) is 17.6. The number of carbonyl (C=O) groups is 1. The molecule has 25 heavy (non-hydrogen) atoms. The lowest BCUT2D eigenvalue weighted by atomic mass is 10.2. The van der Waals surface area contributed by atoms with E-state index in [0.717, 1.165) is 16.8 Å². The van der Waals surface area contributed by atoms with Gasteiger partial charge in [-0.15, -0.1) is 0 Å². The number of rotatable bonds is 3. The summed E-state index contributed by atoms with van der Waals surface area (Å²) in [6.45, 7) is 4.15. The lowest BCUT2D eigenvalue weighted by molar-refractivity contribution is 0.0699. The average Bonchev–Trinajstić information content (AvgIpc) is 3.18. The average molecular weight is 331 g/mol. The molecule has 2 aromatic carbocycles. The lowest BCUT2D eigenvalue weighted by Crippen LogP contribution is -1.98. The molecule has 0 spiro atoms. The third-order valence-electron chi connectivity index (χ3n) is 4.41. The number of carboxylic acid groups (broad SMARTS) is 1. The van der Waals surface area contributed by atoms with Crippen LogP contribution in [0.15, 0.2) is 54.6 Å². The minimum Gasteiger partial charge on any atom is -0.478 e. The second kappa shape index (κ2) is 5.63. The van der Waals surface area contributed by atoms with E-state index in [4.69, 9.17) is 0 Å². The van der Waals surface area contributed by atoms with Crippen molar-refractivity contribution in [1.29, 1.82) is 0 Å². The van der Waals surface area contributed by atoms with Gasteiger partial charge >= 0.3 is 5.97 Å². The van der Waals surface area contributed by atoms with Crippen LogP contribution < -0.4 is 0 Å². The van der Waals surface area contributed by atoms with Crippen molar-refractivity contribution in [2.24, 2.45) is 0 Å². The van der Waals surface area contributed by atoms with Crippen LogP contribution in [0.5, 0.6) is 0 Å². The molecular weight excluding hydrogens is 314 g/mol. The number of benzene rings is 2. The fraction of sp³-hybridized carbons (Fsp3) is 0.100. The quantitative estimate of drug-likeness (QED) is 0.587. The molecule has 0 aliphatic rings. The SMILES string of the molecule is Cc1ccc(C)n1-c1ccc(-c2nc3c(C(=O)O)cccc3[nH]2)cc1. The van der Waals surface area contributed by atoms with Gasteiger partial charge in [-0.2, -0.15) is 0 Å². The number of fused-ring (bicyclic) bond motifs is 1. The van der Waals surface area contributed by atoms with Gasteiger partial charge in [-0.1, -0.05) is 6.07 Å². The first-order valence-corrected chi connectivity index (χ1v) is 8.02. The number of hydrogen-bond donors (Lipinski definition) is 2. The van der Waals surface area contributed by atoms with Crippen LogP contribution in [0, 0.1) is 13.8 Å². The standard InChI is InChI=1S/C20H17N3O2/c1-12-6-7-13(2)23(12)15-10-8-14(9-11-15)19-21-17-5-3-4-16(20(24)25)18(17)22-19/h3-11H,1-2H3,(H,21,22)(H,24,25). The maximum atomic E-state index is 11.3. The summed E-state index contributed by atoms with van der Waals surface area (Å²) in [5.41, 5.74) is 5.77. The summed E-state index contributed by atoms with van der Waals surface area (Å²) in [6, 6.07) is 17.4. The van der Waals surface area contributed by atoms with Gasteiger partial charge in [-0.05, 0) is 62.4 Å². The van der Waals surface area contributed by atoms with Crippen molar-refractivity contribution in [3.05, 3.63) is 71.5 Å².